The SMILES string of the molecule is NC1CN(CC2CCCC(F)(F)C2)C1. The monoisotopic (exact) mass is 204 g/mol. The second-order valence-electron chi connectivity index (χ2n) is 4.80. The molecule has 1 saturated heterocycles. The van der Waals surface area contributed by atoms with Crippen LogP contribution in [0.1, 0.15) is 25.7 Å². The summed E-state index contributed by atoms with van der Waals surface area (Å²) in [5.74, 6) is -2.22. The Kier molecular flexibility index (Phi) is 2.75. The predicted molar refractivity (Wildman–Crippen MR) is 51.3 cm³/mol. The molecule has 0 aromatic carbocycles. The smallest absolute Gasteiger partial charge is 0.248 e. The van der Waals surface area contributed by atoms with Crippen molar-refractivity contribution in [3.05, 3.63) is 0 Å². The van der Waals surface area contributed by atoms with Gasteiger partial charge in [-0.1, -0.05) is 0 Å². The Hall–Kier alpha value is -0.220. The number of likely N-dealkylation sites (tertiary alicyclic amines) is 1. The normalized spacial score (nSPS) is 34.1. The number of nitrogens with two attached hydrogens (primary N) is 1. The Bertz CT molecular complexity index is 202. The van der Waals surface area contributed by atoms with E-state index in [0.29, 0.717) is 6.42 Å². The predicted octanol–water partition coefficient (Wildman–Crippen LogP) is 1.45. The minimum absolute atomic E-state index is 0.0821. The molecule has 1 unspecified atom stereocenters. The van der Waals surface area contributed by atoms with Gasteiger partial charge in [0.15, 0.2) is 0 Å². The van der Waals surface area contributed by atoms with Crippen LogP contribution in [0.2, 0.25) is 0 Å². The summed E-state index contributed by atoms with van der Waals surface area (Å²) in [6, 6.07) is 0.277. The Labute approximate surface area is 83.4 Å². The van der Waals surface area contributed by atoms with Crippen molar-refractivity contribution in [2.45, 2.75) is 37.6 Å². The molecule has 1 heterocycles. The van der Waals surface area contributed by atoms with Crippen LogP contribution < -0.4 is 5.73 Å². The van der Waals surface area contributed by atoms with Gasteiger partial charge in [0, 0.05) is 38.5 Å². The molecule has 4 heteroatoms. The first kappa shape index (κ1) is 10.3. The summed E-state index contributed by atoms with van der Waals surface area (Å²) in [4.78, 5) is 2.19. The van der Waals surface area contributed by atoms with Crippen LogP contribution in [0.3, 0.4) is 0 Å². The van der Waals surface area contributed by atoms with Crippen molar-refractivity contribution in [2.24, 2.45) is 11.7 Å². The lowest BCUT2D eigenvalue weighted by Gasteiger charge is -2.40. The fourth-order valence-corrected chi connectivity index (χ4v) is 2.56. The van der Waals surface area contributed by atoms with Crippen molar-refractivity contribution < 1.29 is 8.78 Å². The third kappa shape index (κ3) is 2.42. The van der Waals surface area contributed by atoms with E-state index in [2.05, 4.69) is 4.90 Å². The number of hydrogen-bond donors (Lipinski definition) is 1. The number of halogens is 2. The first-order valence-electron chi connectivity index (χ1n) is 5.41. The average Bonchev–Trinajstić information content (AvgIpc) is 1.99. The molecule has 2 fully saturated rings. The van der Waals surface area contributed by atoms with E-state index in [0.717, 1.165) is 26.1 Å². The van der Waals surface area contributed by atoms with Crippen molar-refractivity contribution in [1.29, 1.82) is 0 Å². The molecule has 2 rings (SSSR count). The van der Waals surface area contributed by atoms with Gasteiger partial charge in [-0.3, -0.25) is 4.90 Å². The number of rotatable bonds is 2. The van der Waals surface area contributed by atoms with Crippen LogP contribution >= 0.6 is 0 Å². The molecule has 14 heavy (non-hydrogen) atoms. The van der Waals surface area contributed by atoms with E-state index in [1.54, 1.807) is 0 Å². The fraction of sp³-hybridized carbons (Fsp3) is 1.00. The van der Waals surface area contributed by atoms with Crippen LogP contribution in [0, 0.1) is 5.92 Å². The number of alkyl halides is 2. The lowest BCUT2D eigenvalue weighted by Crippen LogP contribution is -2.57. The Morgan fingerprint density at radius 2 is 2.07 bits per heavy atom. The van der Waals surface area contributed by atoms with E-state index in [-0.39, 0.29) is 24.8 Å². The molecular formula is C10H18F2N2. The topological polar surface area (TPSA) is 29.3 Å². The summed E-state index contributed by atoms with van der Waals surface area (Å²) in [7, 11) is 0. The van der Waals surface area contributed by atoms with Crippen molar-refractivity contribution in [3.63, 3.8) is 0 Å². The number of hydrogen-bond acceptors (Lipinski definition) is 2. The van der Waals surface area contributed by atoms with Gasteiger partial charge in [0.2, 0.25) is 5.92 Å². The largest absolute Gasteiger partial charge is 0.325 e. The molecule has 1 aliphatic heterocycles. The highest BCUT2D eigenvalue weighted by molar-refractivity contribution is 4.87. The van der Waals surface area contributed by atoms with Gasteiger partial charge in [-0.2, -0.15) is 0 Å². The second-order valence-corrected chi connectivity index (χ2v) is 4.80. The summed E-state index contributed by atoms with van der Waals surface area (Å²) >= 11 is 0. The highest BCUT2D eigenvalue weighted by Crippen LogP contribution is 2.37. The summed E-state index contributed by atoms with van der Waals surface area (Å²) in [6.07, 6.45) is 1.81. The maximum absolute atomic E-state index is 13.1. The molecule has 0 radical (unpaired) electrons. The molecule has 82 valence electrons. The Balaban J connectivity index is 1.75. The number of nitrogens with zero attached hydrogens (tertiary/aromatic N) is 1. The van der Waals surface area contributed by atoms with Gasteiger partial charge in [0.05, 0.1) is 0 Å². The summed E-state index contributed by atoms with van der Waals surface area (Å²) < 4.78 is 26.1. The molecule has 1 saturated carbocycles. The molecule has 0 aromatic rings. The Morgan fingerprint density at radius 1 is 1.36 bits per heavy atom. The second kappa shape index (κ2) is 3.74. The van der Waals surface area contributed by atoms with E-state index in [1.807, 2.05) is 0 Å². The van der Waals surface area contributed by atoms with E-state index in [4.69, 9.17) is 5.73 Å². The maximum Gasteiger partial charge on any atom is 0.248 e. The minimum Gasteiger partial charge on any atom is -0.325 e. The molecule has 0 spiro atoms. The zero-order valence-corrected chi connectivity index (χ0v) is 8.38. The van der Waals surface area contributed by atoms with E-state index in [9.17, 15) is 8.78 Å². The third-order valence-electron chi connectivity index (χ3n) is 3.24. The van der Waals surface area contributed by atoms with Crippen LogP contribution in [-0.2, 0) is 0 Å². The lowest BCUT2D eigenvalue weighted by atomic mass is 9.85. The molecule has 0 aromatic heterocycles. The molecule has 1 aliphatic carbocycles. The van der Waals surface area contributed by atoms with Crippen LogP contribution in [0.15, 0.2) is 0 Å². The third-order valence-corrected chi connectivity index (χ3v) is 3.24. The van der Waals surface area contributed by atoms with Gasteiger partial charge in [0.1, 0.15) is 0 Å². The molecule has 0 bridgehead atoms. The molecule has 2 N–H and O–H groups in total. The van der Waals surface area contributed by atoms with Crippen LogP contribution in [0.4, 0.5) is 8.78 Å². The van der Waals surface area contributed by atoms with Gasteiger partial charge < -0.3 is 5.73 Å². The van der Waals surface area contributed by atoms with Gasteiger partial charge >= 0.3 is 0 Å². The maximum atomic E-state index is 13.1. The molecule has 0 amide bonds. The van der Waals surface area contributed by atoms with Crippen molar-refractivity contribution in [1.82, 2.24) is 4.90 Å². The summed E-state index contributed by atoms with van der Waals surface area (Å²) in [5.41, 5.74) is 5.64. The van der Waals surface area contributed by atoms with Gasteiger partial charge in [-0.05, 0) is 18.8 Å². The quantitative estimate of drug-likeness (QED) is 0.737. The molecule has 2 aliphatic rings. The van der Waals surface area contributed by atoms with Crippen molar-refractivity contribution in [3.8, 4) is 0 Å². The minimum atomic E-state index is -2.41. The van der Waals surface area contributed by atoms with Crippen LogP contribution in [0.25, 0.3) is 0 Å². The first-order chi connectivity index (χ1) is 6.55. The molecular weight excluding hydrogens is 186 g/mol. The van der Waals surface area contributed by atoms with Gasteiger partial charge in [0.25, 0.3) is 0 Å². The fourth-order valence-electron chi connectivity index (χ4n) is 2.56. The molecule has 2 nitrogen and oxygen atoms in total. The molecule has 1 atom stereocenters. The summed E-state index contributed by atoms with van der Waals surface area (Å²) in [5, 5.41) is 0. The van der Waals surface area contributed by atoms with E-state index in [1.165, 1.54) is 0 Å². The van der Waals surface area contributed by atoms with Gasteiger partial charge in [-0.15, -0.1) is 0 Å². The highest BCUT2D eigenvalue weighted by atomic mass is 19.3. The zero-order chi connectivity index (χ0) is 10.2. The van der Waals surface area contributed by atoms with E-state index < -0.39 is 5.92 Å². The average molecular weight is 204 g/mol. The highest BCUT2D eigenvalue weighted by Gasteiger charge is 2.37. The van der Waals surface area contributed by atoms with Crippen LogP contribution in [0.5, 0.6) is 0 Å². The summed E-state index contributed by atoms with van der Waals surface area (Å²) in [6.45, 7) is 2.60. The van der Waals surface area contributed by atoms with Gasteiger partial charge in [-0.25, -0.2) is 8.78 Å². The Morgan fingerprint density at radius 3 is 2.64 bits per heavy atom. The van der Waals surface area contributed by atoms with Crippen molar-refractivity contribution >= 4 is 0 Å². The zero-order valence-electron chi connectivity index (χ0n) is 8.38. The standard InChI is InChI=1S/C10H18F2N2/c11-10(12)3-1-2-8(4-10)5-14-6-9(13)7-14/h8-9H,1-7,13H2. The van der Waals surface area contributed by atoms with Crippen molar-refractivity contribution in [2.75, 3.05) is 19.6 Å². The van der Waals surface area contributed by atoms with Crippen LogP contribution in [-0.4, -0.2) is 36.5 Å². The first-order valence-corrected chi connectivity index (χ1v) is 5.41. The van der Waals surface area contributed by atoms with E-state index >= 15 is 0 Å². The lowest BCUT2D eigenvalue weighted by molar-refractivity contribution is -0.0600.